The van der Waals surface area contributed by atoms with Crippen LogP contribution < -0.4 is 4.74 Å². The van der Waals surface area contributed by atoms with E-state index in [0.717, 1.165) is 98.7 Å². The van der Waals surface area contributed by atoms with Gasteiger partial charge in [0.15, 0.2) is 0 Å². The molecule has 0 saturated heterocycles. The number of imidazole rings is 1. The average Bonchev–Trinajstić information content (AvgIpc) is 3.82. The zero-order valence-electron chi connectivity index (χ0n) is 35.6. The van der Waals surface area contributed by atoms with E-state index in [0.29, 0.717) is 0 Å². The number of fused-ring (bicyclic) bond motifs is 4. The normalized spacial score (nSPS) is 11.8. The first kappa shape index (κ1) is 39.4. The predicted octanol–water partition coefficient (Wildman–Crippen LogP) is 14.5. The molecule has 7 aromatic carbocycles. The van der Waals surface area contributed by atoms with Crippen LogP contribution in [0.5, 0.6) is 11.5 Å². The van der Waals surface area contributed by atoms with Crippen LogP contribution in [0.4, 0.5) is 0 Å². The number of benzene rings is 7. The second-order valence-electron chi connectivity index (χ2n) is 17.1. The molecule has 0 amide bonds. The third-order valence-corrected chi connectivity index (χ3v) is 13.0. The standard InChI is InChI=1S/C57H43N5O.Pt/c1-57(2,3)43-33-44(60-38-61(53-24-13-12-23-52(53)60)56-47(40-15-6-4-7-16-40)20-14-21-48(56)41-17-8-5-9-18-41)35-46(34-43)63-45-26-27-50-49-19-10-11-22-51(49)62(54(50)36-45)55-28-25-42(37-59-55)39-29-31-58-32-30-39;/h4-37H,1-3H3;. The molecule has 0 aliphatic carbocycles. The van der Waals surface area contributed by atoms with E-state index in [-0.39, 0.29) is 5.41 Å². The zero-order valence-corrected chi connectivity index (χ0v) is 37.9. The zero-order chi connectivity index (χ0) is 43.4. The number of hydrogen-bond acceptors (Lipinski definition) is 3. The number of para-hydroxylation sites is 4. The Bertz CT molecular complexity index is 3510. The number of aromatic nitrogens is 5. The molecule has 0 aliphatic heterocycles. The number of rotatable bonds is 8. The molecule has 0 N–H and O–H groups in total. The van der Waals surface area contributed by atoms with Gasteiger partial charge < -0.3 is 0 Å². The van der Waals surface area contributed by atoms with Crippen molar-refractivity contribution in [2.45, 2.75) is 26.2 Å². The first-order valence-electron chi connectivity index (χ1n) is 21.5. The monoisotopic (exact) mass is 1010 g/mol. The number of ether oxygens (including phenoxy) is 1. The van der Waals surface area contributed by atoms with Crippen molar-refractivity contribution >= 4 is 32.8 Å². The van der Waals surface area contributed by atoms with Crippen LogP contribution in [-0.4, -0.2) is 23.7 Å². The molecule has 0 aliphatic rings. The molecule has 0 unspecified atom stereocenters. The summed E-state index contributed by atoms with van der Waals surface area (Å²) < 4.78 is 15.1. The quantitative estimate of drug-likeness (QED) is 0.152. The Morgan fingerprint density at radius 1 is 0.469 bits per heavy atom. The van der Waals surface area contributed by atoms with Crippen LogP contribution in [0.3, 0.4) is 0 Å². The van der Waals surface area contributed by atoms with Gasteiger partial charge in [-0.3, -0.25) is 4.98 Å². The molecule has 7 heteroatoms. The van der Waals surface area contributed by atoms with E-state index in [9.17, 15) is 0 Å². The Kier molecular flexibility index (Phi) is 9.90. The van der Waals surface area contributed by atoms with E-state index >= 15 is 0 Å². The average molecular weight is 1010 g/mol. The molecule has 0 atom stereocenters. The number of hydrogen-bond donors (Lipinski definition) is 0. The van der Waals surface area contributed by atoms with Gasteiger partial charge in [-0.1, -0.05) is 12.1 Å². The minimum atomic E-state index is -0.163. The van der Waals surface area contributed by atoms with Crippen LogP contribution >= 0.6 is 0 Å². The van der Waals surface area contributed by atoms with Crippen molar-refractivity contribution in [3.63, 3.8) is 0 Å². The van der Waals surface area contributed by atoms with Crippen molar-refractivity contribution in [3.8, 4) is 62.1 Å². The molecule has 11 rings (SSSR count). The van der Waals surface area contributed by atoms with Gasteiger partial charge in [0.05, 0.1) is 0 Å². The molecular weight excluding hydrogens is 966 g/mol. The van der Waals surface area contributed by atoms with Gasteiger partial charge in [-0.2, -0.15) is 0 Å². The molecular formula is C57H43N5OPt. The summed E-state index contributed by atoms with van der Waals surface area (Å²) in [5.74, 6) is 2.35. The Hall–Kier alpha value is -7.40. The van der Waals surface area contributed by atoms with E-state index < -0.39 is 0 Å². The summed E-state index contributed by atoms with van der Waals surface area (Å²) in [7, 11) is 0. The van der Waals surface area contributed by atoms with Gasteiger partial charge >= 0.3 is 320 Å². The second kappa shape index (κ2) is 16.1. The molecule has 4 aromatic heterocycles. The van der Waals surface area contributed by atoms with Crippen molar-refractivity contribution in [1.29, 1.82) is 0 Å². The van der Waals surface area contributed by atoms with Crippen LogP contribution in [0.25, 0.3) is 83.4 Å². The van der Waals surface area contributed by atoms with E-state index in [1.165, 1.54) is 5.56 Å². The van der Waals surface area contributed by atoms with Gasteiger partial charge in [0, 0.05) is 24.2 Å². The molecule has 64 heavy (non-hydrogen) atoms. The van der Waals surface area contributed by atoms with Gasteiger partial charge in [0.2, 0.25) is 0 Å². The van der Waals surface area contributed by atoms with Crippen LogP contribution in [-0.2, 0) is 24.8 Å². The second-order valence-corrected chi connectivity index (χ2v) is 18.1. The molecule has 0 saturated carbocycles. The predicted molar refractivity (Wildman–Crippen MR) is 257 cm³/mol. The van der Waals surface area contributed by atoms with Crippen molar-refractivity contribution in [2.24, 2.45) is 0 Å². The topological polar surface area (TPSA) is 49.8 Å². The fourth-order valence-electron chi connectivity index (χ4n) is 8.89. The van der Waals surface area contributed by atoms with Crippen LogP contribution in [0.15, 0.2) is 207 Å². The van der Waals surface area contributed by atoms with E-state index in [2.05, 4.69) is 235 Å². The maximum atomic E-state index is 6.98. The van der Waals surface area contributed by atoms with Crippen molar-refractivity contribution in [3.05, 3.63) is 216 Å². The molecule has 0 fully saturated rings. The summed E-state index contributed by atoms with van der Waals surface area (Å²) >= 11 is 2.52. The van der Waals surface area contributed by atoms with Gasteiger partial charge in [-0.05, 0) is 23.8 Å². The summed E-state index contributed by atoms with van der Waals surface area (Å²) in [6.07, 6.45) is 5.55. The molecule has 0 spiro atoms. The van der Waals surface area contributed by atoms with E-state index in [1.54, 1.807) is 0 Å². The third kappa shape index (κ3) is 7.01. The summed E-state index contributed by atoms with van der Waals surface area (Å²) in [6, 6.07) is 66.6. The van der Waals surface area contributed by atoms with Crippen LogP contribution in [0.1, 0.15) is 26.3 Å². The molecule has 0 bridgehead atoms. The van der Waals surface area contributed by atoms with Gasteiger partial charge in [-0.15, -0.1) is 0 Å². The Labute approximate surface area is 382 Å². The van der Waals surface area contributed by atoms with Gasteiger partial charge in [0.25, 0.3) is 0 Å². The SMILES string of the molecule is CC(C)(C)c1cc(Oc2ccc3c4ccccc4n(-c4ccc(-c5ccncc5)cn4)c3c2)cc(-n2[c](=[Pt])n(-c3c(-c4ccccc4)cccc3-c3ccccc3)c3ccccc32)c1. The Balaban J connectivity index is 1.07. The minimum absolute atomic E-state index is 0.163. The van der Waals surface area contributed by atoms with E-state index in [4.69, 9.17) is 9.72 Å². The fourth-order valence-corrected chi connectivity index (χ4v) is 9.98. The van der Waals surface area contributed by atoms with Gasteiger partial charge in [0.1, 0.15) is 0 Å². The molecule has 0 radical (unpaired) electrons. The van der Waals surface area contributed by atoms with Gasteiger partial charge in [-0.25, -0.2) is 0 Å². The summed E-state index contributed by atoms with van der Waals surface area (Å²) in [4.78, 5) is 9.18. The summed E-state index contributed by atoms with van der Waals surface area (Å²) in [5.41, 5.74) is 14.2. The molecule has 11 aromatic rings. The number of nitrogens with zero attached hydrogens (tertiary/aromatic N) is 5. The summed E-state index contributed by atoms with van der Waals surface area (Å²) in [6.45, 7) is 6.78. The Morgan fingerprint density at radius 2 is 1.09 bits per heavy atom. The molecule has 6 nitrogen and oxygen atoms in total. The Morgan fingerprint density at radius 3 is 1.75 bits per heavy atom. The fraction of sp³-hybridized carbons (Fsp3) is 0.0702. The van der Waals surface area contributed by atoms with E-state index in [1.807, 2.05) is 30.7 Å². The maximum absolute atomic E-state index is 6.98. The number of pyridine rings is 2. The van der Waals surface area contributed by atoms with Crippen LogP contribution in [0.2, 0.25) is 0 Å². The van der Waals surface area contributed by atoms with Crippen molar-refractivity contribution < 1.29 is 24.1 Å². The summed E-state index contributed by atoms with van der Waals surface area (Å²) in [5, 5.41) is 2.29. The van der Waals surface area contributed by atoms with Crippen molar-refractivity contribution in [1.82, 2.24) is 23.7 Å². The third-order valence-electron chi connectivity index (χ3n) is 12.0. The van der Waals surface area contributed by atoms with Crippen molar-refractivity contribution in [2.75, 3.05) is 0 Å². The van der Waals surface area contributed by atoms with Crippen LogP contribution in [0, 0.1) is 3.80 Å². The first-order valence-corrected chi connectivity index (χ1v) is 22.6. The molecule has 312 valence electrons. The first-order chi connectivity index (χ1) is 31.3. The molecule has 4 heterocycles.